The SMILES string of the molecule is Cc1cccc(C(=O)Nc2nnc(-c3ccc4c(c3)OCO4)o2)c1. The summed E-state index contributed by atoms with van der Waals surface area (Å²) in [4.78, 5) is 12.2. The first kappa shape index (κ1) is 14.3. The second-order valence-electron chi connectivity index (χ2n) is 5.30. The van der Waals surface area contributed by atoms with Crippen molar-refractivity contribution in [3.8, 4) is 23.0 Å². The number of carbonyl (C=O) groups excluding carboxylic acids is 1. The summed E-state index contributed by atoms with van der Waals surface area (Å²) in [6.45, 7) is 2.11. The van der Waals surface area contributed by atoms with Crippen molar-refractivity contribution in [1.82, 2.24) is 10.2 Å². The van der Waals surface area contributed by atoms with E-state index in [1.807, 2.05) is 19.1 Å². The molecule has 120 valence electrons. The number of ether oxygens (including phenoxy) is 2. The molecule has 0 bridgehead atoms. The van der Waals surface area contributed by atoms with Gasteiger partial charge in [-0.3, -0.25) is 10.1 Å². The lowest BCUT2D eigenvalue weighted by Gasteiger charge is -2.01. The highest BCUT2D eigenvalue weighted by molar-refractivity contribution is 6.03. The van der Waals surface area contributed by atoms with E-state index in [2.05, 4.69) is 15.5 Å². The molecule has 7 nitrogen and oxygen atoms in total. The molecule has 1 N–H and O–H groups in total. The van der Waals surface area contributed by atoms with Gasteiger partial charge in [0.1, 0.15) is 0 Å². The normalized spacial score (nSPS) is 12.2. The van der Waals surface area contributed by atoms with Crippen LogP contribution in [0.2, 0.25) is 0 Å². The van der Waals surface area contributed by atoms with E-state index in [1.54, 1.807) is 30.3 Å². The molecule has 2 heterocycles. The zero-order chi connectivity index (χ0) is 16.5. The molecule has 2 aromatic carbocycles. The predicted octanol–water partition coefficient (Wildman–Crippen LogP) is 3.03. The van der Waals surface area contributed by atoms with Gasteiger partial charge in [-0.15, -0.1) is 5.10 Å². The number of carbonyl (C=O) groups is 1. The van der Waals surface area contributed by atoms with Gasteiger partial charge in [0, 0.05) is 11.1 Å². The minimum absolute atomic E-state index is 0.0363. The van der Waals surface area contributed by atoms with Crippen molar-refractivity contribution in [3.63, 3.8) is 0 Å². The fourth-order valence-corrected chi connectivity index (χ4v) is 2.38. The molecule has 0 radical (unpaired) electrons. The van der Waals surface area contributed by atoms with Crippen LogP contribution in [0.25, 0.3) is 11.5 Å². The molecule has 3 aromatic rings. The van der Waals surface area contributed by atoms with Crippen molar-refractivity contribution >= 4 is 11.9 Å². The second kappa shape index (κ2) is 5.69. The molecule has 1 aliphatic rings. The van der Waals surface area contributed by atoms with E-state index in [0.717, 1.165) is 5.56 Å². The summed E-state index contributed by atoms with van der Waals surface area (Å²) in [6, 6.07) is 12.6. The summed E-state index contributed by atoms with van der Waals surface area (Å²) in [6.07, 6.45) is 0. The van der Waals surface area contributed by atoms with Gasteiger partial charge in [-0.2, -0.15) is 0 Å². The first-order valence-corrected chi connectivity index (χ1v) is 7.30. The number of nitrogens with zero attached hydrogens (tertiary/aromatic N) is 2. The highest BCUT2D eigenvalue weighted by Crippen LogP contribution is 2.35. The van der Waals surface area contributed by atoms with E-state index in [0.29, 0.717) is 22.6 Å². The van der Waals surface area contributed by atoms with Gasteiger partial charge in [0.2, 0.25) is 12.7 Å². The molecular formula is C17H13N3O4. The molecule has 0 unspecified atom stereocenters. The largest absolute Gasteiger partial charge is 0.454 e. The van der Waals surface area contributed by atoms with Crippen molar-refractivity contribution < 1.29 is 18.7 Å². The van der Waals surface area contributed by atoms with Gasteiger partial charge in [-0.25, -0.2) is 0 Å². The summed E-state index contributed by atoms with van der Waals surface area (Å²) in [5.74, 6) is 1.27. The minimum Gasteiger partial charge on any atom is -0.454 e. The number of fused-ring (bicyclic) bond motifs is 1. The number of anilines is 1. The van der Waals surface area contributed by atoms with Crippen LogP contribution in [0.5, 0.6) is 11.5 Å². The first-order chi connectivity index (χ1) is 11.7. The third kappa shape index (κ3) is 2.67. The van der Waals surface area contributed by atoms with E-state index < -0.39 is 0 Å². The predicted molar refractivity (Wildman–Crippen MR) is 85.0 cm³/mol. The monoisotopic (exact) mass is 323 g/mol. The maximum Gasteiger partial charge on any atom is 0.322 e. The van der Waals surface area contributed by atoms with Crippen molar-refractivity contribution in [2.24, 2.45) is 0 Å². The second-order valence-corrected chi connectivity index (χ2v) is 5.30. The van der Waals surface area contributed by atoms with Crippen molar-refractivity contribution in [3.05, 3.63) is 53.6 Å². The van der Waals surface area contributed by atoms with Crippen LogP contribution in [0.15, 0.2) is 46.9 Å². The fraction of sp³-hybridized carbons (Fsp3) is 0.118. The van der Waals surface area contributed by atoms with E-state index in [4.69, 9.17) is 13.9 Å². The fourth-order valence-electron chi connectivity index (χ4n) is 2.38. The van der Waals surface area contributed by atoms with Crippen molar-refractivity contribution in [1.29, 1.82) is 0 Å². The van der Waals surface area contributed by atoms with Crippen molar-refractivity contribution in [2.75, 3.05) is 12.1 Å². The highest BCUT2D eigenvalue weighted by atomic mass is 16.7. The van der Waals surface area contributed by atoms with Gasteiger partial charge in [0.05, 0.1) is 0 Å². The maximum atomic E-state index is 12.2. The van der Waals surface area contributed by atoms with Crippen LogP contribution < -0.4 is 14.8 Å². The molecule has 1 aliphatic heterocycles. The molecule has 0 aliphatic carbocycles. The third-order valence-electron chi connectivity index (χ3n) is 3.55. The van der Waals surface area contributed by atoms with Gasteiger partial charge in [-0.1, -0.05) is 22.8 Å². The van der Waals surface area contributed by atoms with E-state index >= 15 is 0 Å². The van der Waals surface area contributed by atoms with Crippen LogP contribution in [0, 0.1) is 6.92 Å². The van der Waals surface area contributed by atoms with Crippen LogP contribution in [0.3, 0.4) is 0 Å². The van der Waals surface area contributed by atoms with Crippen LogP contribution in [-0.2, 0) is 0 Å². The Labute approximate surface area is 137 Å². The Morgan fingerprint density at radius 2 is 1.96 bits per heavy atom. The first-order valence-electron chi connectivity index (χ1n) is 7.30. The van der Waals surface area contributed by atoms with Gasteiger partial charge >= 0.3 is 6.01 Å². The molecule has 0 fully saturated rings. The van der Waals surface area contributed by atoms with E-state index in [1.165, 1.54) is 0 Å². The lowest BCUT2D eigenvalue weighted by molar-refractivity contribution is 0.102. The van der Waals surface area contributed by atoms with Gasteiger partial charge in [0.15, 0.2) is 11.5 Å². The maximum absolute atomic E-state index is 12.2. The summed E-state index contributed by atoms with van der Waals surface area (Å²) < 4.78 is 16.1. The Morgan fingerprint density at radius 1 is 1.08 bits per heavy atom. The Morgan fingerprint density at radius 3 is 2.83 bits per heavy atom. The number of benzene rings is 2. The lowest BCUT2D eigenvalue weighted by Crippen LogP contribution is -2.12. The molecule has 0 spiro atoms. The Bertz CT molecular complexity index is 920. The standard InChI is InChI=1S/C17H13N3O4/c1-10-3-2-4-11(7-10)15(21)18-17-20-19-16(24-17)12-5-6-13-14(8-12)23-9-22-13/h2-8H,9H2,1H3,(H,18,20,21). The van der Waals surface area contributed by atoms with Crippen LogP contribution in [-0.4, -0.2) is 22.9 Å². The zero-order valence-corrected chi connectivity index (χ0v) is 12.8. The Kier molecular flexibility index (Phi) is 3.38. The molecule has 0 saturated carbocycles. The average molecular weight is 323 g/mol. The number of aromatic nitrogens is 2. The summed E-state index contributed by atoms with van der Waals surface area (Å²) in [5, 5.41) is 10.4. The number of hydrogen-bond acceptors (Lipinski definition) is 6. The average Bonchev–Trinajstić information content (AvgIpc) is 3.23. The molecule has 4 rings (SSSR count). The summed E-state index contributed by atoms with van der Waals surface area (Å²) in [7, 11) is 0. The molecule has 1 amide bonds. The molecule has 0 atom stereocenters. The van der Waals surface area contributed by atoms with Gasteiger partial charge in [-0.05, 0) is 37.3 Å². The molecule has 7 heteroatoms. The molecule has 1 aromatic heterocycles. The van der Waals surface area contributed by atoms with Crippen molar-refractivity contribution in [2.45, 2.75) is 6.92 Å². The van der Waals surface area contributed by atoms with Crippen LogP contribution in [0.4, 0.5) is 6.01 Å². The molecular weight excluding hydrogens is 310 g/mol. The molecule has 24 heavy (non-hydrogen) atoms. The topological polar surface area (TPSA) is 86.5 Å². The summed E-state index contributed by atoms with van der Waals surface area (Å²) in [5.41, 5.74) is 2.20. The van der Waals surface area contributed by atoms with E-state index in [9.17, 15) is 4.79 Å². The quantitative estimate of drug-likeness (QED) is 0.797. The lowest BCUT2D eigenvalue weighted by atomic mass is 10.1. The third-order valence-corrected chi connectivity index (χ3v) is 3.55. The number of amides is 1. The number of rotatable bonds is 3. The molecule has 0 saturated heterocycles. The highest BCUT2D eigenvalue weighted by Gasteiger charge is 2.17. The van der Waals surface area contributed by atoms with Crippen LogP contribution in [0.1, 0.15) is 15.9 Å². The number of hydrogen-bond donors (Lipinski definition) is 1. The minimum atomic E-state index is -0.306. The number of nitrogens with one attached hydrogen (secondary N) is 1. The smallest absolute Gasteiger partial charge is 0.322 e. The van der Waals surface area contributed by atoms with Gasteiger partial charge in [0.25, 0.3) is 5.91 Å². The summed E-state index contributed by atoms with van der Waals surface area (Å²) >= 11 is 0. The zero-order valence-electron chi connectivity index (χ0n) is 12.8. The Hall–Kier alpha value is -3.35. The van der Waals surface area contributed by atoms with E-state index in [-0.39, 0.29) is 24.6 Å². The Balaban J connectivity index is 1.53. The number of aryl methyl sites for hydroxylation is 1. The van der Waals surface area contributed by atoms with Crippen LogP contribution >= 0.6 is 0 Å². The van der Waals surface area contributed by atoms with Gasteiger partial charge < -0.3 is 13.9 Å².